The van der Waals surface area contributed by atoms with Crippen LogP contribution in [0.15, 0.2) is 42.9 Å². The Morgan fingerprint density at radius 1 is 1.10 bits per heavy atom. The molecular weight excluding hydrogens is 395 g/mol. The molecule has 0 amide bonds. The molecule has 1 fully saturated rings. The number of hydrogen-bond donors (Lipinski definition) is 0. The Morgan fingerprint density at radius 2 is 1.93 bits per heavy atom. The lowest BCUT2D eigenvalue weighted by Crippen LogP contribution is -2.26. The van der Waals surface area contributed by atoms with Crippen LogP contribution in [0.5, 0.6) is 5.88 Å². The molecule has 3 aromatic heterocycles. The predicted octanol–water partition coefficient (Wildman–Crippen LogP) is 4.23. The zero-order valence-corrected chi connectivity index (χ0v) is 16.5. The van der Waals surface area contributed by atoms with Gasteiger partial charge in [-0.3, -0.25) is 4.98 Å². The van der Waals surface area contributed by atoms with E-state index in [9.17, 15) is 13.2 Å². The van der Waals surface area contributed by atoms with Crippen molar-refractivity contribution in [2.45, 2.75) is 32.5 Å². The van der Waals surface area contributed by atoms with E-state index in [-0.39, 0.29) is 12.0 Å². The van der Waals surface area contributed by atoms with Gasteiger partial charge in [-0.05, 0) is 32.0 Å². The van der Waals surface area contributed by atoms with Crippen LogP contribution in [0.1, 0.15) is 23.2 Å². The molecule has 0 saturated carbocycles. The van der Waals surface area contributed by atoms with Crippen LogP contribution in [0.2, 0.25) is 0 Å². The summed E-state index contributed by atoms with van der Waals surface area (Å²) in [5, 5.41) is 0. The molecule has 9 heteroatoms. The van der Waals surface area contributed by atoms with Crippen LogP contribution in [0.3, 0.4) is 0 Å². The molecule has 1 aliphatic rings. The Hall–Kier alpha value is -3.23. The summed E-state index contributed by atoms with van der Waals surface area (Å²) in [6, 6.07) is 5.98. The van der Waals surface area contributed by atoms with E-state index in [0.29, 0.717) is 18.8 Å². The van der Waals surface area contributed by atoms with Crippen molar-refractivity contribution in [1.29, 1.82) is 0 Å². The topological polar surface area (TPSA) is 64.0 Å². The van der Waals surface area contributed by atoms with Gasteiger partial charge in [-0.1, -0.05) is 0 Å². The second kappa shape index (κ2) is 7.89. The van der Waals surface area contributed by atoms with Crippen LogP contribution >= 0.6 is 0 Å². The van der Waals surface area contributed by atoms with E-state index in [0.717, 1.165) is 41.4 Å². The smallest absolute Gasteiger partial charge is 0.417 e. The molecule has 0 aromatic carbocycles. The molecule has 0 radical (unpaired) electrons. The maximum absolute atomic E-state index is 12.7. The highest BCUT2D eigenvalue weighted by atomic mass is 19.4. The summed E-state index contributed by atoms with van der Waals surface area (Å²) in [5.74, 6) is 1.62. The quantitative estimate of drug-likeness (QED) is 0.636. The Morgan fingerprint density at radius 3 is 2.60 bits per heavy atom. The average Bonchev–Trinajstić information content (AvgIpc) is 3.18. The highest BCUT2D eigenvalue weighted by molar-refractivity contribution is 5.59. The number of aromatic nitrogens is 4. The first-order chi connectivity index (χ1) is 14.3. The largest absolute Gasteiger partial charge is 0.472 e. The first-order valence-electron chi connectivity index (χ1n) is 9.52. The summed E-state index contributed by atoms with van der Waals surface area (Å²) in [6.07, 6.45) is 0.326. The van der Waals surface area contributed by atoms with Crippen LogP contribution in [0.25, 0.3) is 11.4 Å². The van der Waals surface area contributed by atoms with Gasteiger partial charge in [-0.25, -0.2) is 15.0 Å². The fourth-order valence-corrected chi connectivity index (χ4v) is 3.35. The van der Waals surface area contributed by atoms with Gasteiger partial charge in [0.25, 0.3) is 0 Å². The van der Waals surface area contributed by atoms with E-state index in [1.165, 1.54) is 6.07 Å². The van der Waals surface area contributed by atoms with Crippen molar-refractivity contribution < 1.29 is 17.9 Å². The zero-order chi connectivity index (χ0) is 21.3. The molecule has 0 bridgehead atoms. The fraction of sp³-hybridized carbons (Fsp3) is 0.333. The van der Waals surface area contributed by atoms with Crippen molar-refractivity contribution in [3.63, 3.8) is 0 Å². The third-order valence-electron chi connectivity index (χ3n) is 5.08. The minimum atomic E-state index is -4.41. The van der Waals surface area contributed by atoms with Gasteiger partial charge in [0, 0.05) is 54.4 Å². The first-order valence-corrected chi connectivity index (χ1v) is 9.52. The van der Waals surface area contributed by atoms with Crippen LogP contribution < -0.4 is 9.64 Å². The summed E-state index contributed by atoms with van der Waals surface area (Å²) >= 11 is 0. The monoisotopic (exact) mass is 415 g/mol. The number of nitrogens with zero attached hydrogens (tertiary/aromatic N) is 5. The zero-order valence-electron chi connectivity index (χ0n) is 16.5. The molecule has 4 rings (SSSR count). The van der Waals surface area contributed by atoms with Gasteiger partial charge < -0.3 is 9.64 Å². The van der Waals surface area contributed by atoms with Crippen LogP contribution in [0, 0.1) is 13.8 Å². The molecule has 1 atom stereocenters. The Labute approximate surface area is 171 Å². The SMILES string of the molecule is Cc1nc(-c2cccnc2)nc(N2CCC(Oc3ccc(C(F)(F)F)cn3)C2)c1C. The molecule has 6 nitrogen and oxygen atoms in total. The van der Waals surface area contributed by atoms with Crippen molar-refractivity contribution in [2.24, 2.45) is 0 Å². The number of rotatable bonds is 4. The van der Waals surface area contributed by atoms with Gasteiger partial charge >= 0.3 is 6.18 Å². The molecule has 0 spiro atoms. The van der Waals surface area contributed by atoms with E-state index in [1.807, 2.05) is 26.0 Å². The Kier molecular flexibility index (Phi) is 5.27. The number of halogens is 3. The molecule has 1 unspecified atom stereocenters. The third kappa shape index (κ3) is 4.19. The number of ether oxygens (including phenoxy) is 1. The molecule has 156 valence electrons. The van der Waals surface area contributed by atoms with E-state index in [1.54, 1.807) is 12.4 Å². The van der Waals surface area contributed by atoms with E-state index in [4.69, 9.17) is 9.72 Å². The number of pyridine rings is 2. The average molecular weight is 415 g/mol. The lowest BCUT2D eigenvalue weighted by Gasteiger charge is -2.21. The molecule has 30 heavy (non-hydrogen) atoms. The Balaban J connectivity index is 1.50. The minimum absolute atomic E-state index is 0.182. The van der Waals surface area contributed by atoms with Crippen molar-refractivity contribution in [3.8, 4) is 17.3 Å². The molecule has 1 saturated heterocycles. The normalized spacial score (nSPS) is 16.7. The van der Waals surface area contributed by atoms with Crippen LogP contribution in [-0.4, -0.2) is 39.1 Å². The summed E-state index contributed by atoms with van der Waals surface area (Å²) in [4.78, 5) is 19.4. The number of hydrogen-bond acceptors (Lipinski definition) is 6. The summed E-state index contributed by atoms with van der Waals surface area (Å²) < 4.78 is 43.9. The molecule has 0 N–H and O–H groups in total. The van der Waals surface area contributed by atoms with Crippen molar-refractivity contribution >= 4 is 5.82 Å². The second-order valence-corrected chi connectivity index (χ2v) is 7.18. The maximum atomic E-state index is 12.7. The van der Waals surface area contributed by atoms with Gasteiger partial charge in [0.15, 0.2) is 5.82 Å². The molecule has 4 heterocycles. The number of anilines is 1. The van der Waals surface area contributed by atoms with Crippen molar-refractivity contribution in [3.05, 3.63) is 59.7 Å². The third-order valence-corrected chi connectivity index (χ3v) is 5.08. The van der Waals surface area contributed by atoms with Gasteiger partial charge in [-0.2, -0.15) is 13.2 Å². The molecule has 3 aromatic rings. The summed E-state index contributed by atoms with van der Waals surface area (Å²) in [5.41, 5.74) is 1.91. The standard InChI is InChI=1S/C21H20F3N5O/c1-13-14(2)27-19(15-4-3-8-25-10-15)28-20(13)29-9-7-17(12-29)30-18-6-5-16(11-26-18)21(22,23)24/h3-6,8,10-11,17H,7,9,12H2,1-2H3. The first kappa shape index (κ1) is 20.1. The van der Waals surface area contributed by atoms with Crippen LogP contribution in [0.4, 0.5) is 19.0 Å². The van der Waals surface area contributed by atoms with Gasteiger partial charge in [0.05, 0.1) is 12.1 Å². The van der Waals surface area contributed by atoms with E-state index < -0.39 is 11.7 Å². The Bertz CT molecular complexity index is 1030. The van der Waals surface area contributed by atoms with E-state index in [2.05, 4.69) is 19.9 Å². The van der Waals surface area contributed by atoms with Crippen molar-refractivity contribution in [1.82, 2.24) is 19.9 Å². The van der Waals surface area contributed by atoms with Crippen LogP contribution in [-0.2, 0) is 6.18 Å². The number of aryl methyl sites for hydroxylation is 1. The van der Waals surface area contributed by atoms with Gasteiger partial charge in [0.1, 0.15) is 11.9 Å². The molecule has 1 aliphatic heterocycles. The fourth-order valence-electron chi connectivity index (χ4n) is 3.35. The maximum Gasteiger partial charge on any atom is 0.417 e. The second-order valence-electron chi connectivity index (χ2n) is 7.18. The predicted molar refractivity (Wildman–Crippen MR) is 105 cm³/mol. The lowest BCUT2D eigenvalue weighted by molar-refractivity contribution is -0.137. The highest BCUT2D eigenvalue weighted by Crippen LogP contribution is 2.30. The molecule has 0 aliphatic carbocycles. The summed E-state index contributed by atoms with van der Waals surface area (Å²) in [7, 11) is 0. The van der Waals surface area contributed by atoms with E-state index >= 15 is 0 Å². The number of alkyl halides is 3. The van der Waals surface area contributed by atoms with Gasteiger partial charge in [0.2, 0.25) is 5.88 Å². The molecular formula is C21H20F3N5O. The highest BCUT2D eigenvalue weighted by Gasteiger charge is 2.31. The minimum Gasteiger partial charge on any atom is -0.472 e. The lowest BCUT2D eigenvalue weighted by atomic mass is 10.2. The van der Waals surface area contributed by atoms with Gasteiger partial charge in [-0.15, -0.1) is 0 Å². The van der Waals surface area contributed by atoms with Crippen molar-refractivity contribution in [2.75, 3.05) is 18.0 Å². The summed E-state index contributed by atoms with van der Waals surface area (Å²) in [6.45, 7) is 5.20.